The molecule has 2 rings (SSSR count). The quantitative estimate of drug-likeness (QED) is 0.801. The van der Waals surface area contributed by atoms with Crippen LogP contribution in [0.5, 0.6) is 0 Å². The Balaban J connectivity index is 2.28. The molecule has 1 aromatic heterocycles. The van der Waals surface area contributed by atoms with Crippen molar-refractivity contribution in [3.05, 3.63) is 42.1 Å². The van der Waals surface area contributed by atoms with Gasteiger partial charge in [-0.3, -0.25) is 4.72 Å². The summed E-state index contributed by atoms with van der Waals surface area (Å²) >= 11 is 0. The molecule has 0 spiro atoms. The van der Waals surface area contributed by atoms with Crippen LogP contribution >= 0.6 is 0 Å². The van der Waals surface area contributed by atoms with Crippen LogP contribution in [0, 0.1) is 5.92 Å². The number of rotatable bonds is 7. The predicted molar refractivity (Wildman–Crippen MR) is 92.9 cm³/mol. The van der Waals surface area contributed by atoms with Crippen molar-refractivity contribution < 1.29 is 16.8 Å². The Hall–Kier alpha value is -1.87. The first-order chi connectivity index (χ1) is 11.1. The molecule has 0 unspecified atom stereocenters. The normalized spacial score (nSPS) is 12.5. The first-order valence-corrected chi connectivity index (χ1v) is 10.9. The lowest BCUT2D eigenvalue weighted by molar-refractivity contribution is 0.488. The number of hydrogen-bond acceptors (Lipinski definition) is 5. The molecule has 1 N–H and O–H groups in total. The Bertz CT molecular complexity index is 916. The maximum absolute atomic E-state index is 12.6. The van der Waals surface area contributed by atoms with Gasteiger partial charge in [-0.1, -0.05) is 26.0 Å². The van der Waals surface area contributed by atoms with E-state index in [1.165, 1.54) is 24.4 Å². The van der Waals surface area contributed by atoms with E-state index in [2.05, 4.69) is 9.82 Å². The van der Waals surface area contributed by atoms with Crippen molar-refractivity contribution in [2.75, 3.05) is 11.0 Å². The highest BCUT2D eigenvalue weighted by Gasteiger charge is 2.18. The minimum Gasteiger partial charge on any atom is -0.264 e. The van der Waals surface area contributed by atoms with Crippen molar-refractivity contribution in [3.63, 3.8) is 0 Å². The minimum atomic E-state index is -3.83. The molecule has 24 heavy (non-hydrogen) atoms. The van der Waals surface area contributed by atoms with Crippen LogP contribution in [0.4, 0.5) is 5.82 Å². The molecule has 0 radical (unpaired) electrons. The Labute approximate surface area is 142 Å². The van der Waals surface area contributed by atoms with Gasteiger partial charge in [-0.2, -0.15) is 5.10 Å². The van der Waals surface area contributed by atoms with E-state index < -0.39 is 19.9 Å². The maximum atomic E-state index is 12.6. The van der Waals surface area contributed by atoms with Crippen molar-refractivity contribution in [1.82, 2.24) is 9.78 Å². The molecule has 0 fully saturated rings. The fraction of sp³-hybridized carbons (Fsp3) is 0.400. The van der Waals surface area contributed by atoms with Crippen LogP contribution in [0.2, 0.25) is 0 Å². The molecule has 0 saturated heterocycles. The van der Waals surface area contributed by atoms with Crippen LogP contribution in [0.3, 0.4) is 0 Å². The average Bonchev–Trinajstić information content (AvgIpc) is 2.83. The summed E-state index contributed by atoms with van der Waals surface area (Å²) < 4.78 is 52.0. The van der Waals surface area contributed by atoms with Crippen LogP contribution < -0.4 is 4.72 Å². The zero-order valence-corrected chi connectivity index (χ0v) is 15.4. The highest BCUT2D eigenvalue weighted by atomic mass is 32.2. The van der Waals surface area contributed by atoms with Crippen LogP contribution in [0.25, 0.3) is 0 Å². The molecule has 0 saturated carbocycles. The number of aromatic nitrogens is 2. The second-order valence-corrected chi connectivity index (χ2v) is 9.94. The van der Waals surface area contributed by atoms with Gasteiger partial charge in [-0.05, 0) is 23.6 Å². The third-order valence-electron chi connectivity index (χ3n) is 3.13. The molecular weight excluding hydrogens is 350 g/mol. The van der Waals surface area contributed by atoms with Gasteiger partial charge in [0.25, 0.3) is 10.0 Å². The highest BCUT2D eigenvalue weighted by molar-refractivity contribution is 7.92. The summed E-state index contributed by atoms with van der Waals surface area (Å²) in [6.45, 7) is 4.60. The lowest BCUT2D eigenvalue weighted by atomic mass is 10.2. The average molecular weight is 371 g/mol. The molecule has 0 bridgehead atoms. The molecule has 2 aromatic rings. The SMILES string of the molecule is CC(C)Cn1nccc1NS(=O)(=O)c1cccc(CS(C)(=O)=O)c1. The van der Waals surface area contributed by atoms with Gasteiger partial charge in [-0.25, -0.2) is 21.5 Å². The number of nitrogens with zero attached hydrogens (tertiary/aromatic N) is 2. The van der Waals surface area contributed by atoms with Crippen molar-refractivity contribution in [1.29, 1.82) is 0 Å². The van der Waals surface area contributed by atoms with Gasteiger partial charge in [-0.15, -0.1) is 0 Å². The van der Waals surface area contributed by atoms with Crippen LogP contribution in [0.15, 0.2) is 41.4 Å². The van der Waals surface area contributed by atoms with Gasteiger partial charge in [0.1, 0.15) is 5.82 Å². The van der Waals surface area contributed by atoms with Crippen LogP contribution in [-0.4, -0.2) is 32.9 Å². The summed E-state index contributed by atoms with van der Waals surface area (Å²) in [5, 5.41) is 4.11. The lowest BCUT2D eigenvalue weighted by Gasteiger charge is -2.12. The number of sulfonamides is 1. The number of anilines is 1. The summed E-state index contributed by atoms with van der Waals surface area (Å²) in [7, 11) is -7.06. The van der Waals surface area contributed by atoms with Gasteiger partial charge < -0.3 is 0 Å². The first-order valence-electron chi connectivity index (χ1n) is 7.38. The summed E-state index contributed by atoms with van der Waals surface area (Å²) in [5.74, 6) is 0.477. The molecule has 1 aromatic carbocycles. The molecule has 9 heteroatoms. The van der Waals surface area contributed by atoms with Crippen molar-refractivity contribution in [2.45, 2.75) is 31.0 Å². The molecule has 7 nitrogen and oxygen atoms in total. The smallest absolute Gasteiger partial charge is 0.263 e. The van der Waals surface area contributed by atoms with E-state index in [0.29, 0.717) is 23.8 Å². The molecule has 1 heterocycles. The third kappa shape index (κ3) is 5.07. The number of hydrogen-bond donors (Lipinski definition) is 1. The van der Waals surface area contributed by atoms with Gasteiger partial charge in [0.15, 0.2) is 9.84 Å². The molecule has 0 aliphatic rings. The zero-order chi connectivity index (χ0) is 18.0. The van der Waals surface area contributed by atoms with E-state index in [9.17, 15) is 16.8 Å². The summed E-state index contributed by atoms with van der Waals surface area (Å²) in [4.78, 5) is 0.0148. The second-order valence-electron chi connectivity index (χ2n) is 6.12. The lowest BCUT2D eigenvalue weighted by Crippen LogP contribution is -2.18. The minimum absolute atomic E-state index is 0.0148. The fourth-order valence-corrected chi connectivity index (χ4v) is 4.13. The Kier molecular flexibility index (Phi) is 5.34. The molecular formula is C15H21N3O4S2. The maximum Gasteiger partial charge on any atom is 0.263 e. The van der Waals surface area contributed by atoms with Gasteiger partial charge in [0, 0.05) is 18.9 Å². The van der Waals surface area contributed by atoms with E-state index in [4.69, 9.17) is 0 Å². The van der Waals surface area contributed by atoms with E-state index in [-0.39, 0.29) is 10.6 Å². The Morgan fingerprint density at radius 1 is 1.17 bits per heavy atom. The summed E-state index contributed by atoms with van der Waals surface area (Å²) in [6, 6.07) is 7.49. The van der Waals surface area contributed by atoms with Crippen LogP contribution in [0.1, 0.15) is 19.4 Å². The zero-order valence-electron chi connectivity index (χ0n) is 13.8. The van der Waals surface area contributed by atoms with E-state index in [1.54, 1.807) is 16.8 Å². The first kappa shape index (κ1) is 18.5. The van der Waals surface area contributed by atoms with Crippen molar-refractivity contribution >= 4 is 25.7 Å². The summed E-state index contributed by atoms with van der Waals surface area (Å²) in [6.07, 6.45) is 2.64. The highest BCUT2D eigenvalue weighted by Crippen LogP contribution is 2.18. The summed E-state index contributed by atoms with van der Waals surface area (Å²) in [5.41, 5.74) is 0.427. The third-order valence-corrected chi connectivity index (χ3v) is 5.34. The number of nitrogens with one attached hydrogen (secondary N) is 1. The largest absolute Gasteiger partial charge is 0.264 e. The van der Waals surface area contributed by atoms with E-state index in [1.807, 2.05) is 13.8 Å². The second kappa shape index (κ2) is 6.94. The standard InChI is InChI=1S/C15H21N3O4S2/c1-12(2)10-18-15(7-8-16-18)17-24(21,22)14-6-4-5-13(9-14)11-23(3,19)20/h4-9,12,17H,10-11H2,1-3H3. The molecule has 132 valence electrons. The van der Waals surface area contributed by atoms with Gasteiger partial charge >= 0.3 is 0 Å². The fourth-order valence-electron chi connectivity index (χ4n) is 2.21. The number of sulfone groups is 1. The molecule has 0 aliphatic heterocycles. The molecule has 0 amide bonds. The Morgan fingerprint density at radius 2 is 1.88 bits per heavy atom. The van der Waals surface area contributed by atoms with Crippen molar-refractivity contribution in [2.24, 2.45) is 5.92 Å². The predicted octanol–water partition coefficient (Wildman–Crippen LogP) is 1.88. The number of benzene rings is 1. The van der Waals surface area contributed by atoms with Gasteiger partial charge in [0.05, 0.1) is 16.8 Å². The molecule has 0 atom stereocenters. The van der Waals surface area contributed by atoms with E-state index >= 15 is 0 Å². The van der Waals surface area contributed by atoms with Gasteiger partial charge in [0.2, 0.25) is 0 Å². The Morgan fingerprint density at radius 3 is 2.50 bits per heavy atom. The topological polar surface area (TPSA) is 98.1 Å². The van der Waals surface area contributed by atoms with Crippen molar-refractivity contribution in [3.8, 4) is 0 Å². The van der Waals surface area contributed by atoms with E-state index in [0.717, 1.165) is 6.26 Å². The van der Waals surface area contributed by atoms with Crippen LogP contribution in [-0.2, 0) is 32.2 Å². The monoisotopic (exact) mass is 371 g/mol. The molecule has 0 aliphatic carbocycles.